The minimum atomic E-state index is 0.0433. The third-order valence-electron chi connectivity index (χ3n) is 4.52. The molecule has 3 rings (SSSR count). The number of hydrogen-bond donors (Lipinski definition) is 0. The summed E-state index contributed by atoms with van der Waals surface area (Å²) in [6.45, 7) is 9.83. The summed E-state index contributed by atoms with van der Waals surface area (Å²) in [6.07, 6.45) is 1.68. The molecule has 0 N–H and O–H groups in total. The van der Waals surface area contributed by atoms with Crippen molar-refractivity contribution in [1.82, 2.24) is 14.5 Å². The number of thiophene rings is 1. The minimum Gasteiger partial charge on any atom is -0.302 e. The molecule has 0 unspecified atom stereocenters. The standard InChI is InChI=1S/C19H22BrN3OS/c1-4-22(5-2)8-9-23-12-21-18-17(19(23)24)15(11-25-18)14-10-13(3)6-7-16(14)20/h6-7,10-12H,4-5,8-9H2,1-3H3. The van der Waals surface area contributed by atoms with Crippen LogP contribution in [0, 0.1) is 6.92 Å². The third kappa shape index (κ3) is 3.71. The normalized spacial score (nSPS) is 11.6. The molecule has 0 atom stereocenters. The van der Waals surface area contributed by atoms with E-state index in [1.54, 1.807) is 10.9 Å². The van der Waals surface area contributed by atoms with Crippen LogP contribution in [0.4, 0.5) is 0 Å². The number of fused-ring (bicyclic) bond motifs is 1. The summed E-state index contributed by atoms with van der Waals surface area (Å²) in [5.41, 5.74) is 3.22. The van der Waals surface area contributed by atoms with Crippen LogP contribution in [-0.2, 0) is 6.54 Å². The molecule has 4 nitrogen and oxygen atoms in total. The SMILES string of the molecule is CCN(CC)CCn1cnc2scc(-c3cc(C)ccc3Br)c2c1=O. The third-order valence-corrected chi connectivity index (χ3v) is 6.10. The Kier molecular flexibility index (Phi) is 5.71. The van der Waals surface area contributed by atoms with Gasteiger partial charge in [0.25, 0.3) is 5.56 Å². The Hall–Kier alpha value is -1.50. The van der Waals surface area contributed by atoms with E-state index in [-0.39, 0.29) is 5.56 Å². The van der Waals surface area contributed by atoms with Crippen molar-refractivity contribution in [3.8, 4) is 11.1 Å². The summed E-state index contributed by atoms with van der Waals surface area (Å²) in [7, 11) is 0. The van der Waals surface area contributed by atoms with Crippen molar-refractivity contribution in [3.05, 3.63) is 50.3 Å². The Morgan fingerprint density at radius 3 is 2.72 bits per heavy atom. The lowest BCUT2D eigenvalue weighted by Crippen LogP contribution is -2.31. The van der Waals surface area contributed by atoms with E-state index in [1.807, 2.05) is 11.4 Å². The van der Waals surface area contributed by atoms with Gasteiger partial charge in [0.1, 0.15) is 4.83 Å². The molecule has 0 amide bonds. The first kappa shape index (κ1) is 18.3. The van der Waals surface area contributed by atoms with E-state index in [0.29, 0.717) is 6.54 Å². The molecule has 3 aromatic rings. The van der Waals surface area contributed by atoms with Gasteiger partial charge in [-0.1, -0.05) is 47.5 Å². The number of benzene rings is 1. The smallest absolute Gasteiger partial charge is 0.262 e. The molecular weight excluding hydrogens is 398 g/mol. The predicted molar refractivity (Wildman–Crippen MR) is 110 cm³/mol. The molecule has 0 aliphatic carbocycles. The minimum absolute atomic E-state index is 0.0433. The molecule has 0 aliphatic heterocycles. The van der Waals surface area contributed by atoms with Gasteiger partial charge in [0, 0.05) is 28.5 Å². The van der Waals surface area contributed by atoms with Gasteiger partial charge in [-0.2, -0.15) is 0 Å². The van der Waals surface area contributed by atoms with Crippen LogP contribution in [-0.4, -0.2) is 34.1 Å². The lowest BCUT2D eigenvalue weighted by atomic mass is 10.0. The Balaban J connectivity index is 2.06. The highest BCUT2D eigenvalue weighted by Crippen LogP contribution is 2.35. The zero-order chi connectivity index (χ0) is 18.0. The van der Waals surface area contributed by atoms with Gasteiger partial charge in [-0.15, -0.1) is 11.3 Å². The van der Waals surface area contributed by atoms with Crippen molar-refractivity contribution in [3.63, 3.8) is 0 Å². The zero-order valence-corrected chi connectivity index (χ0v) is 17.2. The van der Waals surface area contributed by atoms with Crippen molar-refractivity contribution in [1.29, 1.82) is 0 Å². The molecular formula is C19H22BrN3OS. The second-order valence-corrected chi connectivity index (χ2v) is 7.80. The van der Waals surface area contributed by atoms with Crippen LogP contribution in [0.25, 0.3) is 21.3 Å². The van der Waals surface area contributed by atoms with Crippen molar-refractivity contribution < 1.29 is 0 Å². The summed E-state index contributed by atoms with van der Waals surface area (Å²) in [5.74, 6) is 0. The first-order valence-corrected chi connectivity index (χ1v) is 10.2. The molecule has 25 heavy (non-hydrogen) atoms. The molecule has 6 heteroatoms. The van der Waals surface area contributed by atoms with Gasteiger partial charge < -0.3 is 4.90 Å². The van der Waals surface area contributed by atoms with Crippen LogP contribution in [0.1, 0.15) is 19.4 Å². The fraction of sp³-hybridized carbons (Fsp3) is 0.368. The monoisotopic (exact) mass is 419 g/mol. The summed E-state index contributed by atoms with van der Waals surface area (Å²) >= 11 is 5.14. The van der Waals surface area contributed by atoms with Gasteiger partial charge in [-0.3, -0.25) is 9.36 Å². The summed E-state index contributed by atoms with van der Waals surface area (Å²) in [6, 6.07) is 6.20. The van der Waals surface area contributed by atoms with Crippen LogP contribution in [0.15, 0.2) is 39.2 Å². The van der Waals surface area contributed by atoms with Crippen LogP contribution in [0.5, 0.6) is 0 Å². The topological polar surface area (TPSA) is 38.1 Å². The second kappa shape index (κ2) is 7.81. The van der Waals surface area contributed by atoms with Crippen molar-refractivity contribution in [2.75, 3.05) is 19.6 Å². The lowest BCUT2D eigenvalue weighted by Gasteiger charge is -2.18. The highest BCUT2D eigenvalue weighted by molar-refractivity contribution is 9.10. The average molecular weight is 420 g/mol. The quantitative estimate of drug-likeness (QED) is 0.588. The molecule has 2 aromatic heterocycles. The molecule has 0 spiro atoms. The summed E-state index contributed by atoms with van der Waals surface area (Å²) in [5, 5.41) is 2.76. The van der Waals surface area contributed by atoms with Gasteiger partial charge >= 0.3 is 0 Å². The van der Waals surface area contributed by atoms with Crippen LogP contribution in [0.3, 0.4) is 0 Å². The summed E-state index contributed by atoms with van der Waals surface area (Å²) < 4.78 is 2.73. The molecule has 2 heterocycles. The van der Waals surface area contributed by atoms with E-state index in [4.69, 9.17) is 0 Å². The van der Waals surface area contributed by atoms with Crippen LogP contribution in [0.2, 0.25) is 0 Å². The van der Waals surface area contributed by atoms with Crippen molar-refractivity contribution >= 4 is 37.5 Å². The average Bonchev–Trinajstić information content (AvgIpc) is 3.04. The van der Waals surface area contributed by atoms with E-state index in [0.717, 1.165) is 45.5 Å². The molecule has 0 aliphatic rings. The van der Waals surface area contributed by atoms with Crippen LogP contribution >= 0.6 is 27.3 Å². The predicted octanol–water partition coefficient (Wildman–Crippen LogP) is 4.54. The lowest BCUT2D eigenvalue weighted by molar-refractivity contribution is 0.289. The van der Waals surface area contributed by atoms with Gasteiger partial charge in [0.15, 0.2) is 0 Å². The first-order valence-electron chi connectivity index (χ1n) is 8.50. The van der Waals surface area contributed by atoms with E-state index in [1.165, 1.54) is 16.9 Å². The van der Waals surface area contributed by atoms with Gasteiger partial charge in [0.05, 0.1) is 11.7 Å². The Bertz CT molecular complexity index is 943. The number of nitrogens with zero attached hydrogens (tertiary/aromatic N) is 3. The fourth-order valence-corrected chi connectivity index (χ4v) is 4.32. The molecule has 0 bridgehead atoms. The van der Waals surface area contributed by atoms with E-state index < -0.39 is 0 Å². The fourth-order valence-electron chi connectivity index (χ4n) is 2.96. The Morgan fingerprint density at radius 2 is 2.00 bits per heavy atom. The van der Waals surface area contributed by atoms with Crippen molar-refractivity contribution in [2.24, 2.45) is 0 Å². The second-order valence-electron chi connectivity index (χ2n) is 6.08. The molecule has 0 fully saturated rings. The van der Waals surface area contributed by atoms with E-state index >= 15 is 0 Å². The number of likely N-dealkylation sites (N-methyl/N-ethyl adjacent to an activating group) is 1. The van der Waals surface area contributed by atoms with E-state index in [2.05, 4.69) is 58.7 Å². The molecule has 132 valence electrons. The number of aryl methyl sites for hydroxylation is 1. The van der Waals surface area contributed by atoms with Gasteiger partial charge in [0.2, 0.25) is 0 Å². The Labute approximate surface area is 160 Å². The molecule has 0 saturated carbocycles. The summed E-state index contributed by atoms with van der Waals surface area (Å²) in [4.78, 5) is 20.7. The van der Waals surface area contributed by atoms with Crippen molar-refractivity contribution in [2.45, 2.75) is 27.3 Å². The number of hydrogen-bond acceptors (Lipinski definition) is 4. The molecule has 1 aromatic carbocycles. The maximum absolute atomic E-state index is 13.1. The van der Waals surface area contributed by atoms with Gasteiger partial charge in [-0.05, 0) is 31.6 Å². The molecule has 0 saturated heterocycles. The van der Waals surface area contributed by atoms with Gasteiger partial charge in [-0.25, -0.2) is 4.98 Å². The highest BCUT2D eigenvalue weighted by atomic mass is 79.9. The maximum atomic E-state index is 13.1. The Morgan fingerprint density at radius 1 is 1.24 bits per heavy atom. The largest absolute Gasteiger partial charge is 0.302 e. The number of aromatic nitrogens is 2. The maximum Gasteiger partial charge on any atom is 0.262 e. The van der Waals surface area contributed by atoms with Crippen LogP contribution < -0.4 is 5.56 Å². The molecule has 0 radical (unpaired) electrons. The number of halogens is 1. The first-order chi connectivity index (χ1) is 12.0. The number of rotatable bonds is 6. The van der Waals surface area contributed by atoms with E-state index in [9.17, 15) is 4.79 Å². The highest BCUT2D eigenvalue weighted by Gasteiger charge is 2.15. The zero-order valence-electron chi connectivity index (χ0n) is 14.8.